The number of aliphatic hydroxyl groups excluding tert-OH is 2. The highest BCUT2D eigenvalue weighted by atomic mass is 16.3. The Bertz CT molecular complexity index is 608. The molecule has 2 heteroatoms. The third kappa shape index (κ3) is 3.96. The van der Waals surface area contributed by atoms with E-state index in [1.807, 2.05) is 61.5 Å². The largest absolute Gasteiger partial charge is 0.387 e. The first-order valence-corrected chi connectivity index (χ1v) is 6.63. The van der Waals surface area contributed by atoms with E-state index in [1.165, 1.54) is 0 Å². The maximum absolute atomic E-state index is 9.97. The Balaban J connectivity index is 1.98. The van der Waals surface area contributed by atoms with Crippen molar-refractivity contribution in [1.29, 1.82) is 0 Å². The Hall–Kier alpha value is -2.08. The summed E-state index contributed by atoms with van der Waals surface area (Å²) in [7, 11) is 0. The minimum absolute atomic E-state index is 0.312. The number of aliphatic hydroxyl groups is 2. The minimum Gasteiger partial charge on any atom is -0.387 e. The van der Waals surface area contributed by atoms with Gasteiger partial charge in [0.15, 0.2) is 0 Å². The molecule has 2 atom stereocenters. The van der Waals surface area contributed by atoms with Gasteiger partial charge < -0.3 is 10.2 Å². The van der Waals surface area contributed by atoms with Crippen LogP contribution in [0.25, 0.3) is 0 Å². The van der Waals surface area contributed by atoms with Crippen LogP contribution in [-0.4, -0.2) is 10.2 Å². The summed E-state index contributed by atoms with van der Waals surface area (Å²) < 4.78 is 0. The molecule has 0 amide bonds. The fourth-order valence-corrected chi connectivity index (χ4v) is 1.97. The Kier molecular flexibility index (Phi) is 4.95. The van der Waals surface area contributed by atoms with Crippen LogP contribution in [0.2, 0.25) is 0 Å². The van der Waals surface area contributed by atoms with Gasteiger partial charge in [0.2, 0.25) is 0 Å². The molecule has 0 bridgehead atoms. The number of hydrogen-bond donors (Lipinski definition) is 2. The first kappa shape index (κ1) is 14.3. The van der Waals surface area contributed by atoms with Crippen molar-refractivity contribution in [2.75, 3.05) is 0 Å². The van der Waals surface area contributed by atoms with Crippen molar-refractivity contribution in [1.82, 2.24) is 0 Å². The third-order valence-corrected chi connectivity index (χ3v) is 3.08. The summed E-state index contributed by atoms with van der Waals surface area (Å²) in [6, 6.07) is 17.0. The van der Waals surface area contributed by atoms with Crippen LogP contribution >= 0.6 is 0 Å². The fraction of sp³-hybridized carbons (Fsp3) is 0.222. The lowest BCUT2D eigenvalue weighted by Gasteiger charge is -2.07. The van der Waals surface area contributed by atoms with Gasteiger partial charge >= 0.3 is 0 Å². The highest BCUT2D eigenvalue weighted by Gasteiger charge is 2.05. The summed E-state index contributed by atoms with van der Waals surface area (Å²) >= 11 is 0. The van der Waals surface area contributed by atoms with Crippen LogP contribution in [0, 0.1) is 18.8 Å². The predicted octanol–water partition coefficient (Wildman–Crippen LogP) is 3.16. The Labute approximate surface area is 119 Å². The van der Waals surface area contributed by atoms with Crippen LogP contribution in [0.4, 0.5) is 0 Å². The molecular weight excluding hydrogens is 248 g/mol. The van der Waals surface area contributed by atoms with Crippen molar-refractivity contribution < 1.29 is 10.2 Å². The second kappa shape index (κ2) is 6.91. The summed E-state index contributed by atoms with van der Waals surface area (Å²) in [5.41, 5.74) is 2.71. The van der Waals surface area contributed by atoms with E-state index in [-0.39, 0.29) is 0 Å². The SMILES string of the molecule is Cc1cccc(C(O)C#CCC(O)c2ccccc2)c1. The van der Waals surface area contributed by atoms with Crippen LogP contribution < -0.4 is 0 Å². The normalized spacial score (nSPS) is 13.2. The molecule has 20 heavy (non-hydrogen) atoms. The van der Waals surface area contributed by atoms with E-state index in [0.717, 1.165) is 16.7 Å². The molecule has 0 saturated heterocycles. The molecule has 102 valence electrons. The molecule has 0 aromatic heterocycles. The van der Waals surface area contributed by atoms with E-state index >= 15 is 0 Å². The van der Waals surface area contributed by atoms with Gasteiger partial charge in [-0.1, -0.05) is 72.0 Å². The quantitative estimate of drug-likeness (QED) is 0.838. The molecule has 0 aliphatic carbocycles. The van der Waals surface area contributed by atoms with Crippen LogP contribution in [0.3, 0.4) is 0 Å². The molecule has 0 heterocycles. The third-order valence-electron chi connectivity index (χ3n) is 3.08. The summed E-state index contributed by atoms with van der Waals surface area (Å²) in [6.45, 7) is 1.98. The van der Waals surface area contributed by atoms with Gasteiger partial charge in [-0.2, -0.15) is 0 Å². The Morgan fingerprint density at radius 1 is 0.950 bits per heavy atom. The maximum Gasteiger partial charge on any atom is 0.140 e. The molecule has 2 nitrogen and oxygen atoms in total. The molecule has 0 radical (unpaired) electrons. The second-order valence-corrected chi connectivity index (χ2v) is 4.77. The molecule has 2 N–H and O–H groups in total. The average Bonchev–Trinajstić information content (AvgIpc) is 2.48. The molecule has 0 fully saturated rings. The Morgan fingerprint density at radius 2 is 1.65 bits per heavy atom. The highest BCUT2D eigenvalue weighted by Crippen LogP contribution is 2.16. The number of hydrogen-bond acceptors (Lipinski definition) is 2. The van der Waals surface area contributed by atoms with Gasteiger partial charge in [-0.3, -0.25) is 0 Å². The maximum atomic E-state index is 9.97. The second-order valence-electron chi connectivity index (χ2n) is 4.77. The van der Waals surface area contributed by atoms with Crippen molar-refractivity contribution in [3.63, 3.8) is 0 Å². The molecule has 0 aliphatic rings. The predicted molar refractivity (Wildman–Crippen MR) is 79.9 cm³/mol. The summed E-state index contributed by atoms with van der Waals surface area (Å²) in [4.78, 5) is 0. The number of rotatable bonds is 3. The van der Waals surface area contributed by atoms with Crippen LogP contribution in [-0.2, 0) is 0 Å². The molecule has 0 aliphatic heterocycles. The fourth-order valence-electron chi connectivity index (χ4n) is 1.97. The van der Waals surface area contributed by atoms with E-state index in [9.17, 15) is 10.2 Å². The summed E-state index contributed by atoms with van der Waals surface area (Å²) in [6.07, 6.45) is -1.11. The van der Waals surface area contributed by atoms with Crippen molar-refractivity contribution in [3.05, 3.63) is 71.3 Å². The lowest BCUT2D eigenvalue weighted by Crippen LogP contribution is -1.97. The molecule has 0 saturated carbocycles. The smallest absolute Gasteiger partial charge is 0.140 e. The van der Waals surface area contributed by atoms with E-state index in [4.69, 9.17) is 0 Å². The molecule has 0 spiro atoms. The first-order chi connectivity index (χ1) is 9.66. The van der Waals surface area contributed by atoms with E-state index in [2.05, 4.69) is 11.8 Å². The van der Waals surface area contributed by atoms with Gasteiger partial charge in [0.1, 0.15) is 6.10 Å². The van der Waals surface area contributed by atoms with Gasteiger partial charge in [0.25, 0.3) is 0 Å². The monoisotopic (exact) mass is 266 g/mol. The first-order valence-electron chi connectivity index (χ1n) is 6.63. The average molecular weight is 266 g/mol. The molecule has 2 unspecified atom stereocenters. The molecular formula is C18H18O2. The van der Waals surface area contributed by atoms with E-state index in [1.54, 1.807) is 0 Å². The minimum atomic E-state index is -0.808. The van der Waals surface area contributed by atoms with Gasteiger partial charge in [-0.15, -0.1) is 0 Å². The van der Waals surface area contributed by atoms with Crippen molar-refractivity contribution in [3.8, 4) is 11.8 Å². The van der Waals surface area contributed by atoms with Gasteiger partial charge in [0, 0.05) is 6.42 Å². The summed E-state index contributed by atoms with van der Waals surface area (Å²) in [5, 5.41) is 19.9. The summed E-state index contributed by atoms with van der Waals surface area (Å²) in [5.74, 6) is 5.62. The van der Waals surface area contributed by atoms with E-state index < -0.39 is 12.2 Å². The number of aryl methyl sites for hydroxylation is 1. The van der Waals surface area contributed by atoms with Gasteiger partial charge in [0.05, 0.1) is 6.10 Å². The van der Waals surface area contributed by atoms with Crippen LogP contribution in [0.15, 0.2) is 54.6 Å². The highest BCUT2D eigenvalue weighted by molar-refractivity contribution is 5.29. The lowest BCUT2D eigenvalue weighted by atomic mass is 10.1. The number of benzene rings is 2. The van der Waals surface area contributed by atoms with Gasteiger partial charge in [-0.05, 0) is 18.1 Å². The zero-order chi connectivity index (χ0) is 14.4. The standard InChI is InChI=1S/C18H18O2/c1-14-7-5-10-16(13-14)18(20)12-6-11-17(19)15-8-3-2-4-9-15/h2-5,7-10,13,17-20H,11H2,1H3. The zero-order valence-electron chi connectivity index (χ0n) is 11.5. The van der Waals surface area contributed by atoms with Crippen molar-refractivity contribution in [2.45, 2.75) is 25.6 Å². The Morgan fingerprint density at radius 3 is 2.35 bits per heavy atom. The van der Waals surface area contributed by atoms with E-state index in [0.29, 0.717) is 6.42 Å². The molecule has 2 rings (SSSR count). The van der Waals surface area contributed by atoms with Gasteiger partial charge in [-0.25, -0.2) is 0 Å². The van der Waals surface area contributed by atoms with Crippen LogP contribution in [0.5, 0.6) is 0 Å². The topological polar surface area (TPSA) is 40.5 Å². The molecule has 2 aromatic rings. The zero-order valence-corrected chi connectivity index (χ0v) is 11.5. The van der Waals surface area contributed by atoms with Crippen molar-refractivity contribution in [2.24, 2.45) is 0 Å². The molecule has 2 aromatic carbocycles. The van der Waals surface area contributed by atoms with Crippen LogP contribution in [0.1, 0.15) is 35.3 Å². The van der Waals surface area contributed by atoms with Crippen molar-refractivity contribution >= 4 is 0 Å². The lowest BCUT2D eigenvalue weighted by molar-refractivity contribution is 0.183.